The third-order valence-corrected chi connectivity index (χ3v) is 5.54. The van der Waals surface area contributed by atoms with E-state index in [9.17, 15) is 18.4 Å². The highest BCUT2D eigenvalue weighted by Crippen LogP contribution is 2.29. The van der Waals surface area contributed by atoms with Gasteiger partial charge in [-0.2, -0.15) is 0 Å². The number of rotatable bonds is 8. The van der Waals surface area contributed by atoms with E-state index >= 15 is 0 Å². The van der Waals surface area contributed by atoms with Gasteiger partial charge in [-0.1, -0.05) is 18.2 Å². The predicted molar refractivity (Wildman–Crippen MR) is 118 cm³/mol. The Balaban J connectivity index is 1.29. The standard InChI is InChI=1S/C25H23F2N3O2/c26-21-10-8-17(15-22(21)27)16-30-14-4-7-20(25(30)32)24(31)29-12-2-1-5-18-9-11-23-19(18)6-3-13-28-23/h3-4,6-10,13-15H,1-2,5,11-12,16H2,(H,29,31). The number of unbranched alkanes of at least 4 members (excludes halogenated alkanes) is 1. The van der Waals surface area contributed by atoms with Crippen molar-refractivity contribution in [2.75, 3.05) is 6.54 Å². The number of carbonyl (C=O) groups is 1. The van der Waals surface area contributed by atoms with E-state index in [1.807, 2.05) is 6.07 Å². The quantitative estimate of drug-likeness (QED) is 0.542. The number of nitrogens with one attached hydrogen (secondary N) is 1. The predicted octanol–water partition coefficient (Wildman–Crippen LogP) is 4.11. The maximum atomic E-state index is 13.4. The van der Waals surface area contributed by atoms with Crippen LogP contribution in [0.1, 0.15) is 46.4 Å². The number of hydrogen-bond acceptors (Lipinski definition) is 3. The molecule has 1 aliphatic rings. The fourth-order valence-electron chi connectivity index (χ4n) is 3.87. The zero-order valence-corrected chi connectivity index (χ0v) is 17.5. The van der Waals surface area contributed by atoms with Crippen molar-refractivity contribution >= 4 is 11.5 Å². The zero-order chi connectivity index (χ0) is 22.5. The van der Waals surface area contributed by atoms with Crippen molar-refractivity contribution in [3.63, 3.8) is 0 Å². The summed E-state index contributed by atoms with van der Waals surface area (Å²) in [7, 11) is 0. The minimum Gasteiger partial charge on any atom is -0.352 e. The summed E-state index contributed by atoms with van der Waals surface area (Å²) in [5, 5.41) is 2.80. The lowest BCUT2D eigenvalue weighted by molar-refractivity contribution is 0.0951. The van der Waals surface area contributed by atoms with Gasteiger partial charge in [0, 0.05) is 25.4 Å². The second-order valence-corrected chi connectivity index (χ2v) is 7.75. The molecule has 2 aromatic heterocycles. The summed E-state index contributed by atoms with van der Waals surface area (Å²) in [6.07, 6.45) is 9.01. The van der Waals surface area contributed by atoms with Crippen LogP contribution in [-0.2, 0) is 13.0 Å². The molecule has 5 nitrogen and oxygen atoms in total. The maximum absolute atomic E-state index is 13.4. The number of hydrogen-bond donors (Lipinski definition) is 1. The average Bonchev–Trinajstić information content (AvgIpc) is 3.20. The molecule has 0 fully saturated rings. The first kappa shape index (κ1) is 21.6. The van der Waals surface area contributed by atoms with Gasteiger partial charge in [0.25, 0.3) is 11.5 Å². The molecule has 3 aromatic rings. The lowest BCUT2D eigenvalue weighted by atomic mass is 10.0. The van der Waals surface area contributed by atoms with Crippen LogP contribution in [0.5, 0.6) is 0 Å². The van der Waals surface area contributed by atoms with E-state index in [0.717, 1.165) is 43.5 Å². The van der Waals surface area contributed by atoms with Crippen molar-refractivity contribution < 1.29 is 13.6 Å². The summed E-state index contributed by atoms with van der Waals surface area (Å²) in [6, 6.07) is 10.6. The molecule has 0 aliphatic heterocycles. The van der Waals surface area contributed by atoms with Crippen LogP contribution in [0.15, 0.2) is 65.7 Å². The molecule has 32 heavy (non-hydrogen) atoms. The number of carbonyl (C=O) groups excluding carboxylic acids is 1. The molecule has 0 saturated carbocycles. The van der Waals surface area contributed by atoms with E-state index in [-0.39, 0.29) is 12.1 Å². The van der Waals surface area contributed by atoms with Crippen LogP contribution in [0.2, 0.25) is 0 Å². The third-order valence-electron chi connectivity index (χ3n) is 5.54. The number of aromatic nitrogens is 2. The van der Waals surface area contributed by atoms with Gasteiger partial charge in [0.15, 0.2) is 11.6 Å². The van der Waals surface area contributed by atoms with Crippen LogP contribution in [0, 0.1) is 11.6 Å². The van der Waals surface area contributed by atoms with Gasteiger partial charge < -0.3 is 9.88 Å². The average molecular weight is 435 g/mol. The highest BCUT2D eigenvalue weighted by molar-refractivity contribution is 5.93. The van der Waals surface area contributed by atoms with Crippen molar-refractivity contribution in [2.24, 2.45) is 0 Å². The van der Waals surface area contributed by atoms with Crippen LogP contribution >= 0.6 is 0 Å². The van der Waals surface area contributed by atoms with Gasteiger partial charge in [-0.05, 0) is 66.3 Å². The third kappa shape index (κ3) is 4.82. The number of nitrogens with zero attached hydrogens (tertiary/aromatic N) is 2. The molecule has 0 bridgehead atoms. The smallest absolute Gasteiger partial charge is 0.263 e. The van der Waals surface area contributed by atoms with Crippen molar-refractivity contribution in [1.82, 2.24) is 14.9 Å². The zero-order valence-electron chi connectivity index (χ0n) is 17.5. The van der Waals surface area contributed by atoms with Gasteiger partial charge in [0.05, 0.1) is 12.2 Å². The number of halogens is 2. The van der Waals surface area contributed by atoms with E-state index in [1.54, 1.807) is 12.3 Å². The maximum Gasteiger partial charge on any atom is 0.263 e. The van der Waals surface area contributed by atoms with Crippen LogP contribution in [0.3, 0.4) is 0 Å². The van der Waals surface area contributed by atoms with Gasteiger partial charge in [-0.3, -0.25) is 14.6 Å². The fraction of sp³-hybridized carbons (Fsp3) is 0.240. The first-order valence-corrected chi connectivity index (χ1v) is 10.6. The van der Waals surface area contributed by atoms with Gasteiger partial charge in [-0.25, -0.2) is 8.78 Å². The Bertz CT molecular complexity index is 1230. The Morgan fingerprint density at radius 1 is 1.09 bits per heavy atom. The molecular weight excluding hydrogens is 412 g/mol. The van der Waals surface area contributed by atoms with Gasteiger partial charge in [-0.15, -0.1) is 0 Å². The van der Waals surface area contributed by atoms with Gasteiger partial charge in [0.1, 0.15) is 5.56 Å². The molecule has 2 heterocycles. The van der Waals surface area contributed by atoms with Crippen LogP contribution in [0.4, 0.5) is 8.78 Å². The van der Waals surface area contributed by atoms with Crippen molar-refractivity contribution in [3.05, 3.63) is 105 Å². The van der Waals surface area contributed by atoms with E-state index < -0.39 is 23.1 Å². The van der Waals surface area contributed by atoms with Crippen LogP contribution in [0.25, 0.3) is 5.57 Å². The molecule has 4 rings (SSSR count). The lowest BCUT2D eigenvalue weighted by Crippen LogP contribution is -2.33. The molecule has 1 aromatic carbocycles. The SMILES string of the molecule is O=C(NCCCCC1=CCc2ncccc21)c1cccn(Cc2ccc(F)c(F)c2)c1=O. The van der Waals surface area contributed by atoms with Crippen molar-refractivity contribution in [3.8, 4) is 0 Å². The molecule has 0 unspecified atom stereocenters. The summed E-state index contributed by atoms with van der Waals surface area (Å²) in [6.45, 7) is 0.506. The molecular formula is C25H23F2N3O2. The van der Waals surface area contributed by atoms with Gasteiger partial charge in [0.2, 0.25) is 0 Å². The Hall–Kier alpha value is -3.61. The molecule has 0 spiro atoms. The lowest BCUT2D eigenvalue weighted by Gasteiger charge is -2.10. The monoisotopic (exact) mass is 435 g/mol. The van der Waals surface area contributed by atoms with E-state index in [0.29, 0.717) is 12.1 Å². The Morgan fingerprint density at radius 3 is 2.81 bits per heavy atom. The fourth-order valence-corrected chi connectivity index (χ4v) is 3.87. The number of allylic oxidation sites excluding steroid dienone is 2. The topological polar surface area (TPSA) is 64.0 Å². The summed E-state index contributed by atoms with van der Waals surface area (Å²) < 4.78 is 27.8. The first-order valence-electron chi connectivity index (χ1n) is 10.6. The molecule has 0 radical (unpaired) electrons. The molecule has 1 N–H and O–H groups in total. The Kier molecular flexibility index (Phi) is 6.54. The molecule has 1 amide bonds. The molecule has 0 saturated heterocycles. The number of amides is 1. The summed E-state index contributed by atoms with van der Waals surface area (Å²) >= 11 is 0. The largest absolute Gasteiger partial charge is 0.352 e. The van der Waals surface area contributed by atoms with E-state index in [4.69, 9.17) is 0 Å². The summed E-state index contributed by atoms with van der Waals surface area (Å²) in [5.74, 6) is -2.36. The second kappa shape index (κ2) is 9.68. The highest BCUT2D eigenvalue weighted by atomic mass is 19.2. The van der Waals surface area contributed by atoms with E-state index in [1.165, 1.54) is 34.0 Å². The number of fused-ring (bicyclic) bond motifs is 1. The van der Waals surface area contributed by atoms with Crippen molar-refractivity contribution in [1.29, 1.82) is 0 Å². The normalized spacial score (nSPS) is 12.4. The van der Waals surface area contributed by atoms with E-state index in [2.05, 4.69) is 22.4 Å². The molecule has 1 aliphatic carbocycles. The minimum absolute atomic E-state index is 0.0218. The van der Waals surface area contributed by atoms with Gasteiger partial charge >= 0.3 is 0 Å². The molecule has 0 atom stereocenters. The first-order chi connectivity index (χ1) is 15.5. The van der Waals surface area contributed by atoms with Crippen LogP contribution < -0.4 is 10.9 Å². The number of benzene rings is 1. The Labute approximate surface area is 184 Å². The van der Waals surface area contributed by atoms with Crippen molar-refractivity contribution in [2.45, 2.75) is 32.2 Å². The summed E-state index contributed by atoms with van der Waals surface area (Å²) in [5.41, 5.74) is 3.59. The Morgan fingerprint density at radius 2 is 1.97 bits per heavy atom. The minimum atomic E-state index is -0.974. The highest BCUT2D eigenvalue weighted by Gasteiger charge is 2.15. The van der Waals surface area contributed by atoms with Crippen LogP contribution in [-0.4, -0.2) is 22.0 Å². The second-order valence-electron chi connectivity index (χ2n) is 7.75. The summed E-state index contributed by atoms with van der Waals surface area (Å²) in [4.78, 5) is 29.6. The molecule has 7 heteroatoms. The molecule has 164 valence electrons. The number of pyridine rings is 2.